The van der Waals surface area contributed by atoms with Crippen LogP contribution in [0.5, 0.6) is 0 Å². The molecular weight excluding hydrogens is 689 g/mol. The molecule has 0 aliphatic carbocycles. The summed E-state index contributed by atoms with van der Waals surface area (Å²) in [6.45, 7) is 0. The van der Waals surface area contributed by atoms with Crippen LogP contribution in [0.1, 0.15) is 22.3 Å². The van der Waals surface area contributed by atoms with Crippen molar-refractivity contribution in [1.29, 1.82) is 0 Å². The van der Waals surface area contributed by atoms with Gasteiger partial charge >= 0.3 is 0 Å². The minimum absolute atomic E-state index is 0.537. The Hall–Kier alpha value is -7.42. The molecule has 0 saturated heterocycles. The van der Waals surface area contributed by atoms with Gasteiger partial charge in [0.1, 0.15) is 0 Å². The van der Waals surface area contributed by atoms with Crippen molar-refractivity contribution in [3.8, 4) is 16.8 Å². The van der Waals surface area contributed by atoms with Crippen LogP contribution in [0.2, 0.25) is 0 Å². The van der Waals surface area contributed by atoms with E-state index in [1.165, 1.54) is 44.1 Å². The summed E-state index contributed by atoms with van der Waals surface area (Å²) in [5.74, 6) is 0. The molecule has 2 heteroatoms. The van der Waals surface area contributed by atoms with Gasteiger partial charge in [0.25, 0.3) is 0 Å². The van der Waals surface area contributed by atoms with Gasteiger partial charge in [-0.15, -0.1) is 0 Å². The number of benzene rings is 9. The Morgan fingerprint density at radius 3 is 1.40 bits per heavy atom. The van der Waals surface area contributed by atoms with E-state index in [2.05, 4.69) is 252 Å². The van der Waals surface area contributed by atoms with Gasteiger partial charge in [-0.1, -0.05) is 194 Å². The molecule has 1 heterocycles. The summed E-state index contributed by atoms with van der Waals surface area (Å²) in [7, 11) is 0. The second-order valence-electron chi connectivity index (χ2n) is 14.5. The van der Waals surface area contributed by atoms with E-state index in [-0.39, 0.29) is 0 Å². The monoisotopic (exact) mass is 728 g/mol. The Bertz CT molecular complexity index is 2820. The van der Waals surface area contributed by atoms with Crippen molar-refractivity contribution in [2.45, 2.75) is 5.41 Å². The fourth-order valence-electron chi connectivity index (χ4n) is 8.84. The fourth-order valence-corrected chi connectivity index (χ4v) is 8.84. The average Bonchev–Trinajstić information content (AvgIpc) is 3.63. The second kappa shape index (κ2) is 14.7. The number of anilines is 3. The SMILES string of the molecule is c1ccc(-c2ccccc2N(c2ccc(C(c3ccccc3)(c3ccccc3)c3ccccc3)cc2)c2ccc3c4ccccc4n(-c4ccccc4)c3c2)cc1. The maximum absolute atomic E-state index is 2.42. The highest BCUT2D eigenvalue weighted by Crippen LogP contribution is 2.47. The lowest BCUT2D eigenvalue weighted by molar-refractivity contribution is 0.745. The fraction of sp³-hybridized carbons (Fsp3) is 0.0182. The summed E-state index contributed by atoms with van der Waals surface area (Å²) >= 11 is 0. The molecule has 0 bridgehead atoms. The molecule has 0 N–H and O–H groups in total. The first-order chi connectivity index (χ1) is 28.3. The van der Waals surface area contributed by atoms with Crippen LogP contribution in [0.4, 0.5) is 17.1 Å². The van der Waals surface area contributed by atoms with Gasteiger partial charge in [-0.25, -0.2) is 0 Å². The molecule has 9 aromatic carbocycles. The van der Waals surface area contributed by atoms with Crippen molar-refractivity contribution in [3.05, 3.63) is 265 Å². The largest absolute Gasteiger partial charge is 0.310 e. The smallest absolute Gasteiger partial charge is 0.0701 e. The number of hydrogen-bond donors (Lipinski definition) is 0. The van der Waals surface area contributed by atoms with Crippen molar-refractivity contribution >= 4 is 38.9 Å². The predicted octanol–water partition coefficient (Wildman–Crippen LogP) is 14.3. The lowest BCUT2D eigenvalue weighted by Gasteiger charge is -2.37. The van der Waals surface area contributed by atoms with E-state index >= 15 is 0 Å². The lowest BCUT2D eigenvalue weighted by Crippen LogP contribution is -2.31. The van der Waals surface area contributed by atoms with Gasteiger partial charge in [-0.05, 0) is 76.3 Å². The van der Waals surface area contributed by atoms with Crippen LogP contribution in [0.3, 0.4) is 0 Å². The van der Waals surface area contributed by atoms with E-state index in [0.29, 0.717) is 0 Å². The molecule has 0 radical (unpaired) electrons. The van der Waals surface area contributed by atoms with E-state index in [1.807, 2.05) is 0 Å². The predicted molar refractivity (Wildman–Crippen MR) is 239 cm³/mol. The minimum atomic E-state index is -0.537. The zero-order valence-corrected chi connectivity index (χ0v) is 31.5. The first kappa shape index (κ1) is 34.1. The second-order valence-corrected chi connectivity index (χ2v) is 14.5. The van der Waals surface area contributed by atoms with E-state index < -0.39 is 5.41 Å². The first-order valence-corrected chi connectivity index (χ1v) is 19.6. The van der Waals surface area contributed by atoms with Gasteiger partial charge in [0.2, 0.25) is 0 Å². The Morgan fingerprint density at radius 1 is 0.333 bits per heavy atom. The summed E-state index contributed by atoms with van der Waals surface area (Å²) < 4.78 is 2.40. The Labute approximate surface area is 334 Å². The van der Waals surface area contributed by atoms with Gasteiger partial charge in [0.15, 0.2) is 0 Å². The molecule has 2 nitrogen and oxygen atoms in total. The molecule has 0 saturated carbocycles. The molecule has 10 rings (SSSR count). The van der Waals surface area contributed by atoms with Crippen LogP contribution in [0.25, 0.3) is 38.6 Å². The summed E-state index contributed by atoms with van der Waals surface area (Å²) in [5, 5.41) is 2.46. The normalized spacial score (nSPS) is 11.5. The highest BCUT2D eigenvalue weighted by atomic mass is 15.1. The van der Waals surface area contributed by atoms with Crippen molar-refractivity contribution < 1.29 is 0 Å². The molecule has 57 heavy (non-hydrogen) atoms. The van der Waals surface area contributed by atoms with Gasteiger partial charge in [0, 0.05) is 33.4 Å². The topological polar surface area (TPSA) is 8.17 Å². The molecule has 0 atom stereocenters. The Morgan fingerprint density at radius 2 is 0.789 bits per heavy atom. The lowest BCUT2D eigenvalue weighted by atomic mass is 9.65. The standard InChI is InChI=1S/C55H40N2/c1-6-20-41(21-7-1)49-30-16-18-32-52(49)56(48-38-39-51-50-31-17-19-33-53(50)57(54(51)40-48)46-28-14-5-15-29-46)47-36-34-45(35-37-47)55(42-22-8-2-9-23-42,43-24-10-3-11-25-43)44-26-12-4-13-27-44/h1-40H. The van der Waals surface area contributed by atoms with Crippen molar-refractivity contribution in [3.63, 3.8) is 0 Å². The molecule has 1 aromatic heterocycles. The minimum Gasteiger partial charge on any atom is -0.310 e. The van der Waals surface area contributed by atoms with Crippen molar-refractivity contribution in [2.24, 2.45) is 0 Å². The number of aromatic nitrogens is 1. The summed E-state index contributed by atoms with van der Waals surface area (Å²) in [6.07, 6.45) is 0. The van der Waals surface area contributed by atoms with Gasteiger partial charge in [-0.3, -0.25) is 0 Å². The number of nitrogens with zero attached hydrogens (tertiary/aromatic N) is 2. The number of hydrogen-bond acceptors (Lipinski definition) is 1. The molecule has 0 spiro atoms. The van der Waals surface area contributed by atoms with Crippen LogP contribution in [-0.4, -0.2) is 4.57 Å². The van der Waals surface area contributed by atoms with Crippen LogP contribution in [-0.2, 0) is 5.41 Å². The van der Waals surface area contributed by atoms with E-state index in [4.69, 9.17) is 0 Å². The molecule has 0 unspecified atom stereocenters. The van der Waals surface area contributed by atoms with Crippen LogP contribution in [0, 0.1) is 0 Å². The highest BCUT2D eigenvalue weighted by molar-refractivity contribution is 6.10. The van der Waals surface area contributed by atoms with Crippen molar-refractivity contribution in [1.82, 2.24) is 4.57 Å². The van der Waals surface area contributed by atoms with Crippen molar-refractivity contribution in [2.75, 3.05) is 4.90 Å². The maximum atomic E-state index is 2.42. The third-order valence-corrected chi connectivity index (χ3v) is 11.3. The highest BCUT2D eigenvalue weighted by Gasteiger charge is 2.38. The molecule has 0 amide bonds. The molecule has 0 aliphatic heterocycles. The summed E-state index contributed by atoms with van der Waals surface area (Å²) in [5.41, 5.74) is 13.4. The van der Waals surface area contributed by atoms with Crippen LogP contribution < -0.4 is 4.90 Å². The molecular formula is C55H40N2. The summed E-state index contributed by atoms with van der Waals surface area (Å²) in [6, 6.07) is 87.9. The molecule has 270 valence electrons. The third-order valence-electron chi connectivity index (χ3n) is 11.3. The Balaban J connectivity index is 1.22. The number of fused-ring (bicyclic) bond motifs is 3. The zero-order valence-electron chi connectivity index (χ0n) is 31.5. The molecule has 0 aliphatic rings. The van der Waals surface area contributed by atoms with Gasteiger partial charge < -0.3 is 9.47 Å². The summed E-state index contributed by atoms with van der Waals surface area (Å²) in [4.78, 5) is 2.42. The molecule has 10 aromatic rings. The Kier molecular flexibility index (Phi) is 8.78. The maximum Gasteiger partial charge on any atom is 0.0701 e. The van der Waals surface area contributed by atoms with Gasteiger partial charge in [-0.2, -0.15) is 0 Å². The van der Waals surface area contributed by atoms with Crippen LogP contribution >= 0.6 is 0 Å². The van der Waals surface area contributed by atoms with E-state index in [9.17, 15) is 0 Å². The van der Waals surface area contributed by atoms with Gasteiger partial charge in [0.05, 0.1) is 22.1 Å². The van der Waals surface area contributed by atoms with E-state index in [1.54, 1.807) is 0 Å². The van der Waals surface area contributed by atoms with Crippen LogP contribution in [0.15, 0.2) is 243 Å². The first-order valence-electron chi connectivity index (χ1n) is 19.6. The number of rotatable bonds is 9. The molecule has 0 fully saturated rings. The third kappa shape index (κ3) is 5.91. The van der Waals surface area contributed by atoms with E-state index in [0.717, 1.165) is 33.8 Å². The number of para-hydroxylation sites is 3. The zero-order chi connectivity index (χ0) is 38.0. The average molecular weight is 729 g/mol. The quantitative estimate of drug-likeness (QED) is 0.134.